The standard InChI is InChI=1S/C10H16B2O4/c1-3-15-9(13)7(11)5-6-8(12)10(14)16-4-2/h7-8H,3-6H2,1-2H3. The lowest BCUT2D eigenvalue weighted by Crippen LogP contribution is -2.16. The number of esters is 2. The Morgan fingerprint density at radius 1 is 0.938 bits per heavy atom. The van der Waals surface area contributed by atoms with E-state index in [1.54, 1.807) is 13.8 Å². The normalized spacial score (nSPS) is 13.9. The van der Waals surface area contributed by atoms with E-state index in [-0.39, 0.29) is 13.2 Å². The molecule has 0 saturated carbocycles. The van der Waals surface area contributed by atoms with E-state index >= 15 is 0 Å². The van der Waals surface area contributed by atoms with Crippen LogP contribution in [0.2, 0.25) is 11.6 Å². The van der Waals surface area contributed by atoms with Crippen LogP contribution in [0.25, 0.3) is 0 Å². The third-order valence-corrected chi connectivity index (χ3v) is 1.97. The molecule has 0 spiro atoms. The van der Waals surface area contributed by atoms with E-state index in [1.807, 2.05) is 0 Å². The lowest BCUT2D eigenvalue weighted by Gasteiger charge is -2.14. The quantitative estimate of drug-likeness (QED) is 0.472. The Morgan fingerprint density at radius 3 is 1.50 bits per heavy atom. The lowest BCUT2D eigenvalue weighted by molar-refractivity contribution is -0.145. The third-order valence-electron chi connectivity index (χ3n) is 1.97. The van der Waals surface area contributed by atoms with Crippen molar-refractivity contribution in [2.45, 2.75) is 38.3 Å². The Morgan fingerprint density at radius 2 is 1.25 bits per heavy atom. The number of hydrogen-bond donors (Lipinski definition) is 0. The Bertz CT molecular complexity index is 209. The molecule has 0 aliphatic heterocycles. The van der Waals surface area contributed by atoms with Gasteiger partial charge < -0.3 is 9.47 Å². The molecule has 0 bridgehead atoms. The fourth-order valence-electron chi connectivity index (χ4n) is 1.09. The van der Waals surface area contributed by atoms with Crippen LogP contribution in [-0.2, 0) is 19.1 Å². The Labute approximate surface area is 98.9 Å². The first-order valence-electron chi connectivity index (χ1n) is 5.37. The Hall–Kier alpha value is -0.930. The third kappa shape index (κ3) is 5.83. The molecule has 4 radical (unpaired) electrons. The first-order valence-corrected chi connectivity index (χ1v) is 5.37. The first kappa shape index (κ1) is 15.1. The molecule has 0 N–H and O–H groups in total. The molecular formula is C10H16B2O4. The SMILES string of the molecule is [B]C(CCC([B])C(=O)OCC)C(=O)OCC. The van der Waals surface area contributed by atoms with Crippen LogP contribution in [0.5, 0.6) is 0 Å². The van der Waals surface area contributed by atoms with Crippen LogP contribution in [0.1, 0.15) is 26.7 Å². The van der Waals surface area contributed by atoms with Crippen LogP contribution in [0.4, 0.5) is 0 Å². The van der Waals surface area contributed by atoms with Gasteiger partial charge in [0.2, 0.25) is 0 Å². The van der Waals surface area contributed by atoms with Crippen LogP contribution in [0.3, 0.4) is 0 Å². The Balaban J connectivity index is 3.86. The highest BCUT2D eigenvalue weighted by Crippen LogP contribution is 2.18. The second-order valence-electron chi connectivity index (χ2n) is 3.29. The molecule has 4 nitrogen and oxygen atoms in total. The molecule has 0 aromatic rings. The molecule has 0 aliphatic rings. The van der Waals surface area contributed by atoms with Crippen LogP contribution in [0.15, 0.2) is 0 Å². The molecule has 0 saturated heterocycles. The monoisotopic (exact) mass is 222 g/mol. The predicted molar refractivity (Wildman–Crippen MR) is 61.5 cm³/mol. The molecule has 0 aromatic heterocycles. The summed E-state index contributed by atoms with van der Waals surface area (Å²) in [6.07, 6.45) is 0.609. The summed E-state index contributed by atoms with van der Waals surface area (Å²) >= 11 is 0. The molecule has 0 aliphatic carbocycles. The molecule has 86 valence electrons. The maximum Gasteiger partial charge on any atom is 0.300 e. The van der Waals surface area contributed by atoms with E-state index < -0.39 is 23.6 Å². The minimum Gasteiger partial charge on any atom is -0.466 e. The zero-order valence-corrected chi connectivity index (χ0v) is 9.77. The second kappa shape index (κ2) is 8.25. The van der Waals surface area contributed by atoms with Gasteiger partial charge >= 0.3 is 0 Å². The molecule has 0 rings (SSSR count). The molecule has 0 fully saturated rings. The molecule has 0 amide bonds. The fourth-order valence-corrected chi connectivity index (χ4v) is 1.09. The second-order valence-corrected chi connectivity index (χ2v) is 3.29. The first-order chi connectivity index (χ1) is 7.52. The smallest absolute Gasteiger partial charge is 0.300 e. The van der Waals surface area contributed by atoms with Crippen LogP contribution >= 0.6 is 0 Å². The van der Waals surface area contributed by atoms with Gasteiger partial charge in [0.15, 0.2) is 0 Å². The van der Waals surface area contributed by atoms with Crippen molar-refractivity contribution in [3.05, 3.63) is 0 Å². The summed E-state index contributed by atoms with van der Waals surface area (Å²) in [5.74, 6) is -2.42. The highest BCUT2D eigenvalue weighted by Gasteiger charge is 2.18. The maximum atomic E-state index is 11.1. The molecule has 2 unspecified atom stereocenters. The van der Waals surface area contributed by atoms with E-state index in [4.69, 9.17) is 25.2 Å². The highest BCUT2D eigenvalue weighted by molar-refractivity contribution is 6.24. The van der Waals surface area contributed by atoms with Crippen molar-refractivity contribution >= 4 is 27.6 Å². The van der Waals surface area contributed by atoms with Gasteiger partial charge in [0.1, 0.15) is 0 Å². The fraction of sp³-hybridized carbons (Fsp3) is 0.800. The number of carbonyl (C=O) groups is 2. The summed E-state index contributed by atoms with van der Waals surface area (Å²) in [7, 11) is 11.1. The van der Waals surface area contributed by atoms with Crippen molar-refractivity contribution in [1.29, 1.82) is 0 Å². The van der Waals surface area contributed by atoms with Gasteiger partial charge in [-0.1, -0.05) is 0 Å². The number of rotatable bonds is 7. The van der Waals surface area contributed by atoms with Gasteiger partial charge in [-0.05, 0) is 26.7 Å². The van der Waals surface area contributed by atoms with Crippen molar-refractivity contribution in [3.63, 3.8) is 0 Å². The lowest BCUT2D eigenvalue weighted by atomic mass is 9.76. The van der Waals surface area contributed by atoms with Crippen LogP contribution < -0.4 is 0 Å². The van der Waals surface area contributed by atoms with E-state index in [0.717, 1.165) is 0 Å². The topological polar surface area (TPSA) is 52.6 Å². The minimum absolute atomic E-state index is 0.288. The van der Waals surface area contributed by atoms with Gasteiger partial charge in [-0.15, -0.1) is 0 Å². The summed E-state index contributed by atoms with van der Waals surface area (Å²) < 4.78 is 9.45. The summed E-state index contributed by atoms with van der Waals surface area (Å²) in [4.78, 5) is 22.3. The predicted octanol–water partition coefficient (Wildman–Crippen LogP) is 0.807. The molecule has 0 heterocycles. The minimum atomic E-state index is -0.736. The van der Waals surface area contributed by atoms with Crippen molar-refractivity contribution in [1.82, 2.24) is 0 Å². The van der Waals surface area contributed by atoms with Gasteiger partial charge in [-0.2, -0.15) is 0 Å². The largest absolute Gasteiger partial charge is 0.466 e. The Kier molecular flexibility index (Phi) is 7.77. The summed E-state index contributed by atoms with van der Waals surface area (Å²) in [5, 5.41) is 0. The van der Waals surface area contributed by atoms with Gasteiger partial charge in [0, 0.05) is 11.6 Å². The van der Waals surface area contributed by atoms with Gasteiger partial charge in [-0.3, -0.25) is 9.59 Å². The van der Waals surface area contributed by atoms with Crippen molar-refractivity contribution in [2.75, 3.05) is 13.2 Å². The van der Waals surface area contributed by atoms with Gasteiger partial charge in [0.25, 0.3) is 11.9 Å². The van der Waals surface area contributed by atoms with Crippen molar-refractivity contribution in [3.8, 4) is 0 Å². The summed E-state index contributed by atoms with van der Waals surface area (Å²) in [6, 6.07) is 0. The average molecular weight is 222 g/mol. The molecule has 2 atom stereocenters. The van der Waals surface area contributed by atoms with E-state index in [2.05, 4.69) is 0 Å². The average Bonchev–Trinajstić information content (AvgIpc) is 2.25. The van der Waals surface area contributed by atoms with Gasteiger partial charge in [0.05, 0.1) is 28.9 Å². The maximum absolute atomic E-state index is 11.1. The van der Waals surface area contributed by atoms with Crippen LogP contribution in [0, 0.1) is 0 Å². The molecule has 0 aromatic carbocycles. The number of ether oxygens (including phenoxy) is 2. The van der Waals surface area contributed by atoms with E-state index in [9.17, 15) is 9.59 Å². The molecule has 16 heavy (non-hydrogen) atoms. The number of hydrogen-bond acceptors (Lipinski definition) is 4. The van der Waals surface area contributed by atoms with Crippen molar-refractivity contribution in [2.24, 2.45) is 0 Å². The molecule has 6 heteroatoms. The summed E-state index contributed by atoms with van der Waals surface area (Å²) in [6.45, 7) is 3.98. The number of carbonyl (C=O) groups excluding carboxylic acids is 2. The van der Waals surface area contributed by atoms with Crippen molar-refractivity contribution < 1.29 is 19.1 Å². The zero-order valence-electron chi connectivity index (χ0n) is 9.77. The highest BCUT2D eigenvalue weighted by atomic mass is 16.5. The molecular weight excluding hydrogens is 206 g/mol. The van der Waals surface area contributed by atoms with Gasteiger partial charge in [-0.25, -0.2) is 0 Å². The van der Waals surface area contributed by atoms with E-state index in [1.165, 1.54) is 0 Å². The zero-order chi connectivity index (χ0) is 12.6. The summed E-state index contributed by atoms with van der Waals surface area (Å²) in [5.41, 5.74) is 0. The van der Waals surface area contributed by atoms with E-state index in [0.29, 0.717) is 12.8 Å². The van der Waals surface area contributed by atoms with Crippen LogP contribution in [-0.4, -0.2) is 40.8 Å².